The summed E-state index contributed by atoms with van der Waals surface area (Å²) in [5.74, 6) is -0.00725. The summed E-state index contributed by atoms with van der Waals surface area (Å²) in [6.07, 6.45) is 0.616. The lowest BCUT2D eigenvalue weighted by molar-refractivity contribution is 0.102. The molecule has 114 valence electrons. The highest BCUT2D eigenvalue weighted by atomic mass is 79.9. The number of carbonyl (C=O) groups is 1. The third-order valence-electron chi connectivity index (χ3n) is 3.71. The molecular weight excluding hydrogens is 366 g/mol. The lowest BCUT2D eigenvalue weighted by Gasteiger charge is -2.19. The predicted octanol–water partition coefficient (Wildman–Crippen LogP) is 3.02. The van der Waals surface area contributed by atoms with Crippen LogP contribution in [-0.4, -0.2) is 26.1 Å². The van der Waals surface area contributed by atoms with Crippen LogP contribution in [0.25, 0.3) is 0 Å². The number of anilines is 1. The van der Waals surface area contributed by atoms with E-state index >= 15 is 0 Å². The maximum absolute atomic E-state index is 12.7. The van der Waals surface area contributed by atoms with Gasteiger partial charge < -0.3 is 0 Å². The largest absolute Gasteiger partial charge is 0.293 e. The average molecular weight is 380 g/mol. The molecule has 2 aromatic rings. The molecule has 6 heteroatoms. The van der Waals surface area contributed by atoms with Crippen LogP contribution < -0.4 is 4.31 Å². The number of carbonyl (C=O) groups excluding carboxylic acids is 1. The fraction of sp³-hybridized carbons (Fsp3) is 0.188. The highest BCUT2D eigenvalue weighted by molar-refractivity contribution is 9.09. The molecule has 0 atom stereocenters. The van der Waals surface area contributed by atoms with E-state index in [-0.39, 0.29) is 16.0 Å². The Morgan fingerprint density at radius 1 is 1.14 bits per heavy atom. The first kappa shape index (κ1) is 15.2. The molecule has 1 aliphatic rings. The van der Waals surface area contributed by atoms with Gasteiger partial charge in [-0.2, -0.15) is 0 Å². The van der Waals surface area contributed by atoms with Gasteiger partial charge in [-0.1, -0.05) is 34.1 Å². The summed E-state index contributed by atoms with van der Waals surface area (Å²) in [5, 5.41) is 0.262. The summed E-state index contributed by atoms with van der Waals surface area (Å²) in [4.78, 5) is 12.0. The average Bonchev–Trinajstić information content (AvgIpc) is 2.98. The van der Waals surface area contributed by atoms with Crippen molar-refractivity contribution in [1.82, 2.24) is 0 Å². The number of sulfonamides is 1. The van der Waals surface area contributed by atoms with Gasteiger partial charge in [0.2, 0.25) is 0 Å². The normalized spacial score (nSPS) is 14.0. The lowest BCUT2D eigenvalue weighted by Crippen LogP contribution is -2.29. The zero-order chi connectivity index (χ0) is 15.7. The minimum atomic E-state index is -3.55. The van der Waals surface area contributed by atoms with Crippen LogP contribution in [0.5, 0.6) is 0 Å². The van der Waals surface area contributed by atoms with Gasteiger partial charge in [-0.05, 0) is 42.3 Å². The SMILES string of the molecule is O=C(CBr)c1ccc2c(c1)CCN2S(=O)(=O)c1ccccc1. The first-order valence-corrected chi connectivity index (χ1v) is 9.40. The van der Waals surface area contributed by atoms with Gasteiger partial charge in [0.1, 0.15) is 0 Å². The molecule has 0 saturated carbocycles. The van der Waals surface area contributed by atoms with Crippen molar-refractivity contribution >= 4 is 37.4 Å². The molecule has 4 nitrogen and oxygen atoms in total. The number of alkyl halides is 1. The minimum absolute atomic E-state index is 0.00725. The zero-order valence-corrected chi connectivity index (χ0v) is 14.1. The Balaban J connectivity index is 2.00. The highest BCUT2D eigenvalue weighted by Gasteiger charge is 2.31. The van der Waals surface area contributed by atoms with Crippen LogP contribution in [0, 0.1) is 0 Å². The number of rotatable bonds is 4. The lowest BCUT2D eigenvalue weighted by atomic mass is 10.1. The van der Waals surface area contributed by atoms with Crippen LogP contribution in [0.2, 0.25) is 0 Å². The molecule has 0 fully saturated rings. The van der Waals surface area contributed by atoms with Crippen molar-refractivity contribution in [2.24, 2.45) is 0 Å². The number of halogens is 1. The summed E-state index contributed by atoms with van der Waals surface area (Å²) < 4.78 is 26.9. The Labute approximate surface area is 137 Å². The monoisotopic (exact) mass is 379 g/mol. The van der Waals surface area contributed by atoms with Crippen molar-refractivity contribution in [2.45, 2.75) is 11.3 Å². The van der Waals surface area contributed by atoms with E-state index in [0.717, 1.165) is 5.56 Å². The van der Waals surface area contributed by atoms with Crippen LogP contribution in [0.4, 0.5) is 5.69 Å². The van der Waals surface area contributed by atoms with E-state index in [0.29, 0.717) is 24.2 Å². The van der Waals surface area contributed by atoms with Crippen LogP contribution in [0.1, 0.15) is 15.9 Å². The Kier molecular flexibility index (Phi) is 4.06. The molecular formula is C16H14BrNO3S. The fourth-order valence-corrected chi connectivity index (χ4v) is 4.44. The topological polar surface area (TPSA) is 54.5 Å². The number of hydrogen-bond acceptors (Lipinski definition) is 3. The molecule has 3 rings (SSSR count). The molecule has 0 aliphatic carbocycles. The van der Waals surface area contributed by atoms with Crippen molar-refractivity contribution in [3.05, 3.63) is 59.7 Å². The van der Waals surface area contributed by atoms with E-state index < -0.39 is 10.0 Å². The first-order chi connectivity index (χ1) is 10.5. The molecule has 2 aromatic carbocycles. The quantitative estimate of drug-likeness (QED) is 0.605. The number of Topliss-reactive ketones (excluding diaryl/α,β-unsaturated/α-hetero) is 1. The standard InChI is InChI=1S/C16H14BrNO3S/c17-11-16(19)13-6-7-15-12(10-13)8-9-18(15)22(20,21)14-4-2-1-3-5-14/h1-7,10H,8-9,11H2. The van der Waals surface area contributed by atoms with E-state index in [2.05, 4.69) is 15.9 Å². The Morgan fingerprint density at radius 3 is 2.55 bits per heavy atom. The van der Waals surface area contributed by atoms with E-state index in [4.69, 9.17) is 0 Å². The molecule has 0 amide bonds. The second kappa shape index (κ2) is 5.85. The Hall–Kier alpha value is -1.66. The summed E-state index contributed by atoms with van der Waals surface area (Å²) in [7, 11) is -3.55. The van der Waals surface area contributed by atoms with Gasteiger partial charge in [0, 0.05) is 12.1 Å². The van der Waals surface area contributed by atoms with Crippen LogP contribution in [-0.2, 0) is 16.4 Å². The summed E-state index contributed by atoms with van der Waals surface area (Å²) in [6.45, 7) is 0.401. The number of hydrogen-bond donors (Lipinski definition) is 0. The molecule has 0 bridgehead atoms. The summed E-state index contributed by atoms with van der Waals surface area (Å²) in [6, 6.07) is 13.6. The molecule has 0 unspecified atom stereocenters. The summed E-state index contributed by atoms with van der Waals surface area (Å²) in [5.41, 5.74) is 2.16. The van der Waals surface area contributed by atoms with Crippen molar-refractivity contribution in [2.75, 3.05) is 16.2 Å². The van der Waals surface area contributed by atoms with Crippen molar-refractivity contribution < 1.29 is 13.2 Å². The molecule has 0 radical (unpaired) electrons. The maximum Gasteiger partial charge on any atom is 0.264 e. The zero-order valence-electron chi connectivity index (χ0n) is 11.7. The third-order valence-corrected chi connectivity index (χ3v) is 6.04. The number of nitrogens with zero attached hydrogens (tertiary/aromatic N) is 1. The van der Waals surface area contributed by atoms with Gasteiger partial charge in [-0.25, -0.2) is 8.42 Å². The fourth-order valence-electron chi connectivity index (χ4n) is 2.59. The van der Waals surface area contributed by atoms with Crippen molar-refractivity contribution in [3.8, 4) is 0 Å². The minimum Gasteiger partial charge on any atom is -0.293 e. The number of benzene rings is 2. The molecule has 22 heavy (non-hydrogen) atoms. The summed E-state index contributed by atoms with van der Waals surface area (Å²) >= 11 is 3.15. The van der Waals surface area contributed by atoms with Gasteiger partial charge in [0.25, 0.3) is 10.0 Å². The van der Waals surface area contributed by atoms with Crippen LogP contribution in [0.3, 0.4) is 0 Å². The van der Waals surface area contributed by atoms with Crippen LogP contribution >= 0.6 is 15.9 Å². The molecule has 1 heterocycles. The second-order valence-electron chi connectivity index (χ2n) is 5.04. The highest BCUT2D eigenvalue weighted by Crippen LogP contribution is 2.33. The molecule has 0 N–H and O–H groups in total. The van der Waals surface area contributed by atoms with Crippen LogP contribution in [0.15, 0.2) is 53.4 Å². The van der Waals surface area contributed by atoms with Crippen molar-refractivity contribution in [1.29, 1.82) is 0 Å². The van der Waals surface area contributed by atoms with Crippen molar-refractivity contribution in [3.63, 3.8) is 0 Å². The third kappa shape index (κ3) is 2.57. The van der Waals surface area contributed by atoms with E-state index in [9.17, 15) is 13.2 Å². The number of ketones is 1. The van der Waals surface area contributed by atoms with Gasteiger partial charge in [-0.15, -0.1) is 0 Å². The number of fused-ring (bicyclic) bond motifs is 1. The van der Waals surface area contributed by atoms with Gasteiger partial charge >= 0.3 is 0 Å². The molecule has 1 aliphatic heterocycles. The first-order valence-electron chi connectivity index (χ1n) is 6.84. The van der Waals surface area contributed by atoms with E-state index in [1.807, 2.05) is 0 Å². The molecule has 0 spiro atoms. The van der Waals surface area contributed by atoms with Gasteiger partial charge in [0.05, 0.1) is 15.9 Å². The van der Waals surface area contributed by atoms with E-state index in [1.165, 1.54) is 4.31 Å². The molecule has 0 aromatic heterocycles. The molecule has 0 saturated heterocycles. The van der Waals surface area contributed by atoms with Gasteiger partial charge in [-0.3, -0.25) is 9.10 Å². The maximum atomic E-state index is 12.7. The Bertz CT molecular complexity index is 819. The van der Waals surface area contributed by atoms with Gasteiger partial charge in [0.15, 0.2) is 5.78 Å². The van der Waals surface area contributed by atoms with E-state index in [1.54, 1.807) is 48.5 Å². The smallest absolute Gasteiger partial charge is 0.264 e. The predicted molar refractivity (Wildman–Crippen MR) is 89.2 cm³/mol. The second-order valence-corrected chi connectivity index (χ2v) is 7.46. The Morgan fingerprint density at radius 2 is 1.86 bits per heavy atom.